The van der Waals surface area contributed by atoms with Crippen molar-refractivity contribution in [3.05, 3.63) is 34.9 Å². The molecule has 0 aliphatic rings. The van der Waals surface area contributed by atoms with Gasteiger partial charge in [0.15, 0.2) is 10.6 Å². The maximum atomic E-state index is 13.1. The molecule has 1 aromatic heterocycles. The number of hydrogen-bond acceptors (Lipinski definition) is 2. The van der Waals surface area contributed by atoms with Gasteiger partial charge in [0, 0.05) is 12.1 Å². The van der Waals surface area contributed by atoms with Crippen LogP contribution in [0.5, 0.6) is 0 Å². The van der Waals surface area contributed by atoms with E-state index in [2.05, 4.69) is 17.1 Å². The molecule has 0 atom stereocenters. The summed E-state index contributed by atoms with van der Waals surface area (Å²) >= 11 is 5.12. The molecule has 3 nitrogen and oxygen atoms in total. The van der Waals surface area contributed by atoms with Crippen molar-refractivity contribution in [2.45, 2.75) is 19.9 Å². The summed E-state index contributed by atoms with van der Waals surface area (Å²) in [4.78, 5) is 0. The molecule has 84 valence electrons. The monoisotopic (exact) mass is 237 g/mol. The van der Waals surface area contributed by atoms with E-state index in [4.69, 9.17) is 12.2 Å². The summed E-state index contributed by atoms with van der Waals surface area (Å²) in [5.74, 6) is 0.417. The molecule has 0 unspecified atom stereocenters. The Kier molecular flexibility index (Phi) is 3.14. The Morgan fingerprint density at radius 1 is 1.50 bits per heavy atom. The highest BCUT2D eigenvalue weighted by Crippen LogP contribution is 2.18. The van der Waals surface area contributed by atoms with Crippen LogP contribution < -0.4 is 0 Å². The van der Waals surface area contributed by atoms with Gasteiger partial charge in [0.1, 0.15) is 5.82 Å². The second kappa shape index (κ2) is 4.57. The van der Waals surface area contributed by atoms with Crippen LogP contribution >= 0.6 is 12.2 Å². The Balaban J connectivity index is 2.51. The predicted molar refractivity (Wildman–Crippen MR) is 63.1 cm³/mol. The third-order valence-corrected chi connectivity index (χ3v) is 2.60. The van der Waals surface area contributed by atoms with Crippen LogP contribution in [0.1, 0.15) is 13.3 Å². The fourth-order valence-corrected chi connectivity index (χ4v) is 1.82. The first-order valence-electron chi connectivity index (χ1n) is 5.13. The molecular weight excluding hydrogens is 225 g/mol. The zero-order chi connectivity index (χ0) is 11.5. The Labute approximate surface area is 97.9 Å². The molecule has 0 aliphatic carbocycles. The second-order valence-electron chi connectivity index (χ2n) is 3.51. The van der Waals surface area contributed by atoms with E-state index in [0.29, 0.717) is 10.6 Å². The fourth-order valence-electron chi connectivity index (χ4n) is 1.60. The molecule has 2 rings (SSSR count). The van der Waals surface area contributed by atoms with Crippen LogP contribution in [0.2, 0.25) is 0 Å². The van der Waals surface area contributed by atoms with Crippen LogP contribution in [0.25, 0.3) is 11.4 Å². The molecule has 0 radical (unpaired) electrons. The molecule has 0 fully saturated rings. The predicted octanol–water partition coefficient (Wildman–Crippen LogP) is 3.16. The van der Waals surface area contributed by atoms with E-state index in [-0.39, 0.29) is 5.82 Å². The van der Waals surface area contributed by atoms with Crippen LogP contribution in [0.4, 0.5) is 4.39 Å². The highest BCUT2D eigenvalue weighted by molar-refractivity contribution is 7.71. The maximum Gasteiger partial charge on any atom is 0.195 e. The molecule has 0 amide bonds. The van der Waals surface area contributed by atoms with Gasteiger partial charge in [0.2, 0.25) is 0 Å². The number of aromatic nitrogens is 3. The van der Waals surface area contributed by atoms with E-state index < -0.39 is 0 Å². The van der Waals surface area contributed by atoms with Crippen LogP contribution in [0.3, 0.4) is 0 Å². The number of benzene rings is 1. The van der Waals surface area contributed by atoms with Crippen LogP contribution in [0, 0.1) is 10.6 Å². The zero-order valence-corrected chi connectivity index (χ0v) is 9.72. The van der Waals surface area contributed by atoms with Gasteiger partial charge in [-0.1, -0.05) is 19.1 Å². The molecule has 0 bridgehead atoms. The van der Waals surface area contributed by atoms with Gasteiger partial charge in [-0.25, -0.2) is 4.39 Å². The van der Waals surface area contributed by atoms with Crippen LogP contribution in [-0.4, -0.2) is 14.8 Å². The first kappa shape index (κ1) is 11.0. The average Bonchev–Trinajstić information content (AvgIpc) is 2.61. The van der Waals surface area contributed by atoms with E-state index in [1.54, 1.807) is 6.07 Å². The summed E-state index contributed by atoms with van der Waals surface area (Å²) in [5.41, 5.74) is 0.737. The van der Waals surface area contributed by atoms with Crippen molar-refractivity contribution < 1.29 is 4.39 Å². The summed E-state index contributed by atoms with van der Waals surface area (Å²) in [7, 11) is 0. The Hall–Kier alpha value is -1.49. The SMILES string of the molecule is CCCn1c(-c2cccc(F)c2)n[nH]c1=S. The molecule has 2 aromatic rings. The quantitative estimate of drug-likeness (QED) is 0.832. The van der Waals surface area contributed by atoms with E-state index >= 15 is 0 Å². The van der Waals surface area contributed by atoms with Gasteiger partial charge in [-0.2, -0.15) is 5.10 Å². The van der Waals surface area contributed by atoms with Gasteiger partial charge in [-0.05, 0) is 30.8 Å². The first-order chi connectivity index (χ1) is 7.72. The topological polar surface area (TPSA) is 33.6 Å². The lowest BCUT2D eigenvalue weighted by Gasteiger charge is -2.04. The van der Waals surface area contributed by atoms with Crippen molar-refractivity contribution in [1.29, 1.82) is 0 Å². The van der Waals surface area contributed by atoms with Crippen molar-refractivity contribution in [3.63, 3.8) is 0 Å². The largest absolute Gasteiger partial charge is 0.300 e. The van der Waals surface area contributed by atoms with Gasteiger partial charge in [-0.15, -0.1) is 0 Å². The molecule has 0 spiro atoms. The van der Waals surface area contributed by atoms with E-state index in [0.717, 1.165) is 18.5 Å². The smallest absolute Gasteiger partial charge is 0.195 e. The number of nitrogens with zero attached hydrogens (tertiary/aromatic N) is 2. The van der Waals surface area contributed by atoms with E-state index in [1.807, 2.05) is 10.6 Å². The van der Waals surface area contributed by atoms with Gasteiger partial charge in [0.25, 0.3) is 0 Å². The third kappa shape index (κ3) is 2.04. The van der Waals surface area contributed by atoms with Crippen molar-refractivity contribution in [1.82, 2.24) is 14.8 Å². The molecule has 0 aliphatic heterocycles. The average molecular weight is 237 g/mol. The summed E-state index contributed by atoms with van der Waals surface area (Å²) in [5, 5.41) is 6.86. The molecule has 1 heterocycles. The van der Waals surface area contributed by atoms with Gasteiger partial charge in [-0.3, -0.25) is 5.10 Å². The molecule has 16 heavy (non-hydrogen) atoms. The number of aromatic amines is 1. The molecule has 5 heteroatoms. The number of H-pyrrole nitrogens is 1. The molecule has 1 aromatic carbocycles. The Bertz CT molecular complexity index is 544. The molecule has 0 saturated heterocycles. The normalized spacial score (nSPS) is 10.6. The minimum atomic E-state index is -0.269. The Morgan fingerprint density at radius 2 is 2.31 bits per heavy atom. The zero-order valence-electron chi connectivity index (χ0n) is 8.90. The summed E-state index contributed by atoms with van der Waals surface area (Å²) < 4.78 is 15.6. The molecule has 1 N–H and O–H groups in total. The summed E-state index contributed by atoms with van der Waals surface area (Å²) in [6, 6.07) is 6.35. The van der Waals surface area contributed by atoms with Gasteiger partial charge < -0.3 is 4.57 Å². The standard InChI is InChI=1S/C11H12FN3S/c1-2-6-15-10(13-14-11(15)16)8-4-3-5-9(12)7-8/h3-5,7H,2,6H2,1H3,(H,14,16). The minimum absolute atomic E-state index is 0.269. The van der Waals surface area contributed by atoms with Gasteiger partial charge in [0.05, 0.1) is 0 Å². The number of rotatable bonds is 3. The molecular formula is C11H12FN3S. The maximum absolute atomic E-state index is 13.1. The van der Waals surface area contributed by atoms with E-state index in [1.165, 1.54) is 12.1 Å². The van der Waals surface area contributed by atoms with Crippen molar-refractivity contribution in [2.75, 3.05) is 0 Å². The van der Waals surface area contributed by atoms with Gasteiger partial charge >= 0.3 is 0 Å². The third-order valence-electron chi connectivity index (χ3n) is 2.29. The lowest BCUT2D eigenvalue weighted by atomic mass is 10.2. The highest BCUT2D eigenvalue weighted by atomic mass is 32.1. The highest BCUT2D eigenvalue weighted by Gasteiger charge is 2.08. The van der Waals surface area contributed by atoms with Crippen molar-refractivity contribution in [2.24, 2.45) is 0 Å². The van der Waals surface area contributed by atoms with Crippen LogP contribution in [-0.2, 0) is 6.54 Å². The lowest BCUT2D eigenvalue weighted by molar-refractivity contribution is 0.627. The van der Waals surface area contributed by atoms with Crippen molar-refractivity contribution in [3.8, 4) is 11.4 Å². The minimum Gasteiger partial charge on any atom is -0.300 e. The van der Waals surface area contributed by atoms with Crippen LogP contribution in [0.15, 0.2) is 24.3 Å². The van der Waals surface area contributed by atoms with Crippen molar-refractivity contribution >= 4 is 12.2 Å². The summed E-state index contributed by atoms with van der Waals surface area (Å²) in [6.07, 6.45) is 0.955. The number of hydrogen-bond donors (Lipinski definition) is 1. The number of halogens is 1. The summed E-state index contributed by atoms with van der Waals surface area (Å²) in [6.45, 7) is 2.84. The first-order valence-corrected chi connectivity index (χ1v) is 5.54. The molecule has 0 saturated carbocycles. The Morgan fingerprint density at radius 3 is 3.00 bits per heavy atom. The van der Waals surface area contributed by atoms with E-state index in [9.17, 15) is 4.39 Å². The fraction of sp³-hybridized carbons (Fsp3) is 0.273. The number of nitrogens with one attached hydrogen (secondary N) is 1. The second-order valence-corrected chi connectivity index (χ2v) is 3.90. The lowest BCUT2D eigenvalue weighted by Crippen LogP contribution is -1.99.